The van der Waals surface area contributed by atoms with Gasteiger partial charge < -0.3 is 20.2 Å². The van der Waals surface area contributed by atoms with Gasteiger partial charge in [-0.15, -0.1) is 11.3 Å². The zero-order valence-electron chi connectivity index (χ0n) is 16.3. The van der Waals surface area contributed by atoms with E-state index in [2.05, 4.69) is 10.3 Å². The number of benzene rings is 1. The Kier molecular flexibility index (Phi) is 5.79. The van der Waals surface area contributed by atoms with Crippen molar-refractivity contribution in [2.75, 3.05) is 12.8 Å². The fraction of sp³-hybridized carbons (Fsp3) is 0.143. The highest BCUT2D eigenvalue weighted by Crippen LogP contribution is 2.42. The molecule has 1 aromatic carbocycles. The number of rotatable bonds is 5. The molecule has 3 N–H and O–H groups in total. The van der Waals surface area contributed by atoms with Gasteiger partial charge in [0, 0.05) is 39.7 Å². The second-order valence-electron chi connectivity index (χ2n) is 6.66. The molecular formula is C21H16Cl2FN3O3S. The number of nitrogen functional groups attached to an aromatic ring is 1. The highest BCUT2D eigenvalue weighted by molar-refractivity contribution is 7.14. The van der Waals surface area contributed by atoms with E-state index in [-0.39, 0.29) is 27.5 Å². The molecule has 3 aromatic heterocycles. The quantitative estimate of drug-likeness (QED) is 0.338. The molecule has 0 aliphatic rings. The van der Waals surface area contributed by atoms with Crippen LogP contribution in [0.1, 0.15) is 28.9 Å². The van der Waals surface area contributed by atoms with Crippen molar-refractivity contribution >= 4 is 57.2 Å². The van der Waals surface area contributed by atoms with E-state index in [4.69, 9.17) is 38.1 Å². The Hall–Kier alpha value is -2.81. The third-order valence-electron chi connectivity index (χ3n) is 4.74. The molecule has 0 fully saturated rings. The van der Waals surface area contributed by atoms with Crippen molar-refractivity contribution in [3.8, 4) is 16.2 Å². The average Bonchev–Trinajstić information content (AvgIpc) is 3.39. The lowest BCUT2D eigenvalue weighted by atomic mass is 10.1. The van der Waals surface area contributed by atoms with Crippen LogP contribution >= 0.6 is 34.5 Å². The topological polar surface area (TPSA) is 90.4 Å². The Morgan fingerprint density at radius 1 is 1.39 bits per heavy atom. The highest BCUT2D eigenvalue weighted by atomic mass is 35.5. The van der Waals surface area contributed by atoms with Crippen LogP contribution in [0.3, 0.4) is 0 Å². The third kappa shape index (κ3) is 3.82. The maximum absolute atomic E-state index is 13.9. The smallest absolute Gasteiger partial charge is 0.251 e. The number of nitrogens with one attached hydrogen (secondary N) is 1. The average molecular weight is 480 g/mol. The number of amides is 1. The predicted molar refractivity (Wildman–Crippen MR) is 121 cm³/mol. The summed E-state index contributed by atoms with van der Waals surface area (Å²) in [6.07, 6.45) is 2.38. The summed E-state index contributed by atoms with van der Waals surface area (Å²) in [4.78, 5) is 16.9. The standard InChI is InChI=1S/C21H16Cl2FN3O3S/c1-9(16-13(22)3-4-14(24)17(16)23)30-19-18-11(6-27-20(19)25)12(7-29-18)15-5-10(8-31-15)21(28)26-2/h3-9H,1-2H3,(H2,25,27)(H,26,28)/t9-/m1/s1. The van der Waals surface area contributed by atoms with E-state index in [1.165, 1.54) is 23.5 Å². The van der Waals surface area contributed by atoms with Crippen molar-refractivity contribution in [1.29, 1.82) is 0 Å². The molecule has 3 heterocycles. The number of carbonyl (C=O) groups is 1. The molecule has 1 amide bonds. The minimum absolute atomic E-state index is 0.0983. The SMILES string of the molecule is CNC(=O)c1csc(-c2coc3c(O[C@H](C)c4c(Cl)ccc(F)c4Cl)c(N)ncc23)c1. The first-order valence-corrected chi connectivity index (χ1v) is 10.7. The Labute approximate surface area is 190 Å². The number of aromatic nitrogens is 1. The monoisotopic (exact) mass is 479 g/mol. The Morgan fingerprint density at radius 2 is 2.16 bits per heavy atom. The van der Waals surface area contributed by atoms with Crippen LogP contribution in [0.25, 0.3) is 21.4 Å². The number of nitrogens with two attached hydrogens (primary N) is 1. The van der Waals surface area contributed by atoms with Crippen LogP contribution in [0.15, 0.2) is 40.5 Å². The second kappa shape index (κ2) is 8.37. The minimum Gasteiger partial charge on any atom is -0.478 e. The number of fused-ring (bicyclic) bond motifs is 1. The molecular weight excluding hydrogens is 464 g/mol. The van der Waals surface area contributed by atoms with Crippen molar-refractivity contribution in [1.82, 2.24) is 10.3 Å². The molecule has 4 aromatic rings. The normalized spacial score (nSPS) is 12.2. The van der Waals surface area contributed by atoms with Gasteiger partial charge in [-0.25, -0.2) is 9.37 Å². The van der Waals surface area contributed by atoms with Gasteiger partial charge in [-0.3, -0.25) is 4.79 Å². The van der Waals surface area contributed by atoms with E-state index in [1.807, 2.05) is 0 Å². The molecule has 6 nitrogen and oxygen atoms in total. The van der Waals surface area contributed by atoms with Crippen molar-refractivity contribution in [3.63, 3.8) is 0 Å². The summed E-state index contributed by atoms with van der Waals surface area (Å²) in [5.41, 5.74) is 7.98. The molecule has 0 saturated carbocycles. The number of hydrogen-bond acceptors (Lipinski definition) is 6. The zero-order chi connectivity index (χ0) is 22.3. The van der Waals surface area contributed by atoms with Crippen LogP contribution in [0, 0.1) is 5.82 Å². The lowest BCUT2D eigenvalue weighted by Crippen LogP contribution is -2.16. The van der Waals surface area contributed by atoms with E-state index in [9.17, 15) is 9.18 Å². The molecule has 160 valence electrons. The van der Waals surface area contributed by atoms with Crippen LogP contribution in [0.4, 0.5) is 10.2 Å². The first kappa shape index (κ1) is 21.4. The summed E-state index contributed by atoms with van der Waals surface area (Å²) in [6.45, 7) is 1.67. The summed E-state index contributed by atoms with van der Waals surface area (Å²) in [5, 5.41) is 5.13. The first-order valence-electron chi connectivity index (χ1n) is 9.08. The maximum Gasteiger partial charge on any atom is 0.251 e. The van der Waals surface area contributed by atoms with Gasteiger partial charge in [0.05, 0.1) is 16.0 Å². The molecule has 0 bridgehead atoms. The number of furan rings is 1. The first-order chi connectivity index (χ1) is 14.8. The highest BCUT2D eigenvalue weighted by Gasteiger charge is 2.23. The van der Waals surface area contributed by atoms with Crippen LogP contribution in [-0.4, -0.2) is 17.9 Å². The maximum atomic E-state index is 13.9. The number of halogens is 3. The summed E-state index contributed by atoms with van der Waals surface area (Å²) in [7, 11) is 1.57. The molecule has 1 atom stereocenters. The van der Waals surface area contributed by atoms with Crippen LogP contribution in [0.2, 0.25) is 10.0 Å². The van der Waals surface area contributed by atoms with E-state index in [1.54, 1.807) is 37.9 Å². The van der Waals surface area contributed by atoms with Gasteiger partial charge in [-0.05, 0) is 25.1 Å². The summed E-state index contributed by atoms with van der Waals surface area (Å²) >= 11 is 13.7. The number of anilines is 1. The van der Waals surface area contributed by atoms with Gasteiger partial charge in [0.2, 0.25) is 5.75 Å². The second-order valence-corrected chi connectivity index (χ2v) is 8.36. The van der Waals surface area contributed by atoms with Gasteiger partial charge >= 0.3 is 0 Å². The number of thiophene rings is 1. The largest absolute Gasteiger partial charge is 0.478 e. The Bertz CT molecular complexity index is 1300. The summed E-state index contributed by atoms with van der Waals surface area (Å²) in [5.74, 6) is -0.498. The molecule has 0 aliphatic carbocycles. The van der Waals surface area contributed by atoms with E-state index < -0.39 is 11.9 Å². The molecule has 0 spiro atoms. The Morgan fingerprint density at radius 3 is 2.90 bits per heavy atom. The molecule has 0 saturated heterocycles. The van der Waals surface area contributed by atoms with Gasteiger partial charge in [-0.2, -0.15) is 0 Å². The lowest BCUT2D eigenvalue weighted by Gasteiger charge is -2.18. The van der Waals surface area contributed by atoms with Gasteiger partial charge in [0.25, 0.3) is 5.91 Å². The van der Waals surface area contributed by atoms with E-state index in [0.29, 0.717) is 22.1 Å². The predicted octanol–water partition coefficient (Wildman–Crippen LogP) is 6.08. The van der Waals surface area contributed by atoms with Crippen molar-refractivity contribution in [2.45, 2.75) is 13.0 Å². The van der Waals surface area contributed by atoms with Crippen LogP contribution in [-0.2, 0) is 0 Å². The number of carbonyl (C=O) groups excluding carboxylic acids is 1. The van der Waals surface area contributed by atoms with Crippen molar-refractivity contribution < 1.29 is 18.3 Å². The Balaban J connectivity index is 1.75. The number of nitrogens with zero attached hydrogens (tertiary/aromatic N) is 1. The zero-order valence-corrected chi connectivity index (χ0v) is 18.7. The van der Waals surface area contributed by atoms with Gasteiger partial charge in [-0.1, -0.05) is 23.2 Å². The van der Waals surface area contributed by atoms with Gasteiger partial charge in [0.1, 0.15) is 18.2 Å². The summed E-state index contributed by atoms with van der Waals surface area (Å²) in [6, 6.07) is 4.36. The van der Waals surface area contributed by atoms with Crippen molar-refractivity contribution in [3.05, 3.63) is 63.0 Å². The third-order valence-corrected chi connectivity index (χ3v) is 6.41. The van der Waals surface area contributed by atoms with Crippen molar-refractivity contribution in [2.24, 2.45) is 0 Å². The number of hydrogen-bond donors (Lipinski definition) is 2. The number of pyridine rings is 1. The summed E-state index contributed by atoms with van der Waals surface area (Å²) < 4.78 is 25.7. The molecule has 0 unspecified atom stereocenters. The minimum atomic E-state index is -0.736. The molecule has 31 heavy (non-hydrogen) atoms. The van der Waals surface area contributed by atoms with E-state index in [0.717, 1.165) is 10.4 Å². The van der Waals surface area contributed by atoms with E-state index >= 15 is 0 Å². The van der Waals surface area contributed by atoms with Crippen LogP contribution in [0.5, 0.6) is 5.75 Å². The fourth-order valence-corrected chi connectivity index (χ4v) is 4.76. The number of ether oxygens (including phenoxy) is 1. The molecule has 0 aliphatic heterocycles. The molecule has 4 rings (SSSR count). The van der Waals surface area contributed by atoms with Crippen LogP contribution < -0.4 is 15.8 Å². The molecule has 0 radical (unpaired) electrons. The molecule has 10 heteroatoms. The fourth-order valence-electron chi connectivity index (χ4n) is 3.18. The van der Waals surface area contributed by atoms with Gasteiger partial charge in [0.15, 0.2) is 11.4 Å². The lowest BCUT2D eigenvalue weighted by molar-refractivity contribution is 0.0963.